The molecule has 1 amide bonds. The van der Waals surface area contributed by atoms with E-state index in [0.717, 1.165) is 6.07 Å². The number of rotatable bonds is 3. The van der Waals surface area contributed by atoms with Crippen LogP contribution in [0.25, 0.3) is 0 Å². The van der Waals surface area contributed by atoms with Crippen molar-refractivity contribution in [3.63, 3.8) is 0 Å². The third-order valence-corrected chi connectivity index (χ3v) is 2.87. The Labute approximate surface area is 115 Å². The molecule has 0 bridgehead atoms. The molecule has 3 N–H and O–H groups in total. The van der Waals surface area contributed by atoms with Crippen LogP contribution in [0, 0.1) is 5.82 Å². The predicted molar refractivity (Wildman–Crippen MR) is 73.4 cm³/mol. The minimum absolute atomic E-state index is 0.0563. The first-order chi connectivity index (χ1) is 9.08. The van der Waals surface area contributed by atoms with Crippen molar-refractivity contribution >= 4 is 23.2 Å². The van der Waals surface area contributed by atoms with Gasteiger partial charge in [0.1, 0.15) is 11.9 Å². The van der Waals surface area contributed by atoms with Crippen molar-refractivity contribution in [2.45, 2.75) is 6.04 Å². The van der Waals surface area contributed by atoms with Crippen molar-refractivity contribution in [3.8, 4) is 0 Å². The van der Waals surface area contributed by atoms with Gasteiger partial charge in [-0.1, -0.05) is 41.9 Å². The van der Waals surface area contributed by atoms with Gasteiger partial charge in [0, 0.05) is 5.02 Å². The smallest absolute Gasteiger partial charge is 0.245 e. The van der Waals surface area contributed by atoms with Crippen LogP contribution in [-0.4, -0.2) is 5.91 Å². The summed E-state index contributed by atoms with van der Waals surface area (Å²) in [5, 5.41) is 2.70. The standard InChI is InChI=1S/C14H12ClFN2O/c15-10-6-7-12(11(16)8-10)18-14(19)13(17)9-4-2-1-3-5-9/h1-8,13H,17H2,(H,18,19)/t13-/m0/s1. The molecule has 98 valence electrons. The molecule has 2 aromatic rings. The Morgan fingerprint density at radius 2 is 1.89 bits per heavy atom. The summed E-state index contributed by atoms with van der Waals surface area (Å²) in [6, 6.07) is 12.0. The van der Waals surface area contributed by atoms with E-state index in [9.17, 15) is 9.18 Å². The Bertz CT molecular complexity index is 589. The van der Waals surface area contributed by atoms with Crippen molar-refractivity contribution < 1.29 is 9.18 Å². The number of anilines is 1. The molecule has 3 nitrogen and oxygen atoms in total. The quantitative estimate of drug-likeness (QED) is 0.906. The van der Waals surface area contributed by atoms with Crippen LogP contribution >= 0.6 is 11.6 Å². The zero-order valence-electron chi connectivity index (χ0n) is 9.94. The lowest BCUT2D eigenvalue weighted by molar-refractivity contribution is -0.117. The summed E-state index contributed by atoms with van der Waals surface area (Å²) in [7, 11) is 0. The molecular weight excluding hydrogens is 267 g/mol. The predicted octanol–water partition coefficient (Wildman–Crippen LogP) is 3.12. The number of hydrogen-bond acceptors (Lipinski definition) is 2. The van der Waals surface area contributed by atoms with Gasteiger partial charge in [-0.25, -0.2) is 4.39 Å². The first kappa shape index (κ1) is 13.5. The molecule has 0 spiro atoms. The Balaban J connectivity index is 2.13. The van der Waals surface area contributed by atoms with Gasteiger partial charge in [-0.2, -0.15) is 0 Å². The summed E-state index contributed by atoms with van der Waals surface area (Å²) in [5.41, 5.74) is 6.52. The van der Waals surface area contributed by atoms with Crippen LogP contribution in [0.1, 0.15) is 11.6 Å². The van der Waals surface area contributed by atoms with Crippen molar-refractivity contribution in [1.29, 1.82) is 0 Å². The highest BCUT2D eigenvalue weighted by Gasteiger charge is 2.16. The molecule has 0 aromatic heterocycles. The van der Waals surface area contributed by atoms with E-state index in [1.54, 1.807) is 24.3 Å². The van der Waals surface area contributed by atoms with E-state index in [4.69, 9.17) is 17.3 Å². The second kappa shape index (κ2) is 5.82. The summed E-state index contributed by atoms with van der Waals surface area (Å²) < 4.78 is 13.5. The highest BCUT2D eigenvalue weighted by Crippen LogP contribution is 2.20. The van der Waals surface area contributed by atoms with Crippen LogP contribution < -0.4 is 11.1 Å². The zero-order chi connectivity index (χ0) is 13.8. The van der Waals surface area contributed by atoms with Gasteiger partial charge in [0.2, 0.25) is 5.91 Å². The van der Waals surface area contributed by atoms with Crippen molar-refractivity contribution in [1.82, 2.24) is 0 Å². The molecular formula is C14H12ClFN2O. The Morgan fingerprint density at radius 1 is 1.21 bits per heavy atom. The number of nitrogens with two attached hydrogens (primary N) is 1. The maximum Gasteiger partial charge on any atom is 0.245 e. The molecule has 1 atom stereocenters. The summed E-state index contributed by atoms with van der Waals surface area (Å²) in [5.74, 6) is -1.08. The number of benzene rings is 2. The van der Waals surface area contributed by atoms with Gasteiger partial charge in [-0.15, -0.1) is 0 Å². The lowest BCUT2D eigenvalue weighted by Gasteiger charge is -2.13. The Hall–Kier alpha value is -1.91. The fraction of sp³-hybridized carbons (Fsp3) is 0.0714. The van der Waals surface area contributed by atoms with Crippen LogP contribution in [-0.2, 0) is 4.79 Å². The van der Waals surface area contributed by atoms with Crippen LogP contribution in [0.5, 0.6) is 0 Å². The molecule has 2 aromatic carbocycles. The topological polar surface area (TPSA) is 55.1 Å². The maximum atomic E-state index is 13.5. The van der Waals surface area contributed by atoms with E-state index in [-0.39, 0.29) is 10.7 Å². The normalized spacial score (nSPS) is 11.9. The molecule has 5 heteroatoms. The Kier molecular flexibility index (Phi) is 4.14. The van der Waals surface area contributed by atoms with Crippen LogP contribution in [0.4, 0.5) is 10.1 Å². The fourth-order valence-electron chi connectivity index (χ4n) is 1.61. The molecule has 0 radical (unpaired) electrons. The third-order valence-electron chi connectivity index (χ3n) is 2.63. The molecule has 0 fully saturated rings. The van der Waals surface area contributed by atoms with Crippen LogP contribution in [0.15, 0.2) is 48.5 Å². The number of halogens is 2. The molecule has 0 unspecified atom stereocenters. The molecule has 0 heterocycles. The molecule has 0 saturated heterocycles. The van der Waals surface area contributed by atoms with Gasteiger partial charge in [0.05, 0.1) is 5.69 Å². The van der Waals surface area contributed by atoms with Gasteiger partial charge >= 0.3 is 0 Å². The highest BCUT2D eigenvalue weighted by atomic mass is 35.5. The SMILES string of the molecule is N[C@H](C(=O)Nc1ccc(Cl)cc1F)c1ccccc1. The van der Waals surface area contributed by atoms with Crippen molar-refractivity contribution in [2.24, 2.45) is 5.73 Å². The van der Waals surface area contributed by atoms with E-state index >= 15 is 0 Å². The average Bonchev–Trinajstić information content (AvgIpc) is 2.42. The first-order valence-electron chi connectivity index (χ1n) is 5.64. The van der Waals surface area contributed by atoms with Crippen LogP contribution in [0.3, 0.4) is 0 Å². The van der Waals surface area contributed by atoms with Gasteiger partial charge < -0.3 is 11.1 Å². The van der Waals surface area contributed by atoms with E-state index < -0.39 is 17.8 Å². The molecule has 0 aliphatic carbocycles. The Morgan fingerprint density at radius 3 is 2.53 bits per heavy atom. The minimum atomic E-state index is -0.851. The number of carbonyl (C=O) groups is 1. The molecule has 2 rings (SSSR count). The van der Waals surface area contributed by atoms with Crippen molar-refractivity contribution in [2.75, 3.05) is 5.32 Å². The summed E-state index contributed by atoms with van der Waals surface area (Å²) in [4.78, 5) is 11.9. The average molecular weight is 279 g/mol. The van der Waals surface area contributed by atoms with E-state index in [2.05, 4.69) is 5.32 Å². The lowest BCUT2D eigenvalue weighted by atomic mass is 10.1. The summed E-state index contributed by atoms with van der Waals surface area (Å²) in [6.07, 6.45) is 0. The number of hydrogen-bond donors (Lipinski definition) is 2. The summed E-state index contributed by atoms with van der Waals surface area (Å²) in [6.45, 7) is 0. The van der Waals surface area contributed by atoms with E-state index in [0.29, 0.717) is 5.56 Å². The molecule has 19 heavy (non-hydrogen) atoms. The largest absolute Gasteiger partial charge is 0.322 e. The van der Waals surface area contributed by atoms with Crippen LogP contribution in [0.2, 0.25) is 5.02 Å². The molecule has 0 aliphatic rings. The van der Waals surface area contributed by atoms with Gasteiger partial charge in [-0.05, 0) is 23.8 Å². The van der Waals surface area contributed by atoms with E-state index in [1.165, 1.54) is 12.1 Å². The third kappa shape index (κ3) is 3.30. The fourth-order valence-corrected chi connectivity index (χ4v) is 1.77. The molecule has 0 aliphatic heterocycles. The highest BCUT2D eigenvalue weighted by molar-refractivity contribution is 6.30. The van der Waals surface area contributed by atoms with Gasteiger partial charge in [-0.3, -0.25) is 4.79 Å². The lowest BCUT2D eigenvalue weighted by Crippen LogP contribution is -2.28. The number of carbonyl (C=O) groups excluding carboxylic acids is 1. The van der Waals surface area contributed by atoms with Crippen molar-refractivity contribution in [3.05, 3.63) is 64.9 Å². The zero-order valence-corrected chi connectivity index (χ0v) is 10.7. The monoisotopic (exact) mass is 278 g/mol. The molecule has 0 saturated carbocycles. The number of nitrogens with one attached hydrogen (secondary N) is 1. The maximum absolute atomic E-state index is 13.5. The minimum Gasteiger partial charge on any atom is -0.322 e. The van der Waals surface area contributed by atoms with Gasteiger partial charge in [0.15, 0.2) is 0 Å². The second-order valence-corrected chi connectivity index (χ2v) is 4.44. The number of amides is 1. The summed E-state index contributed by atoms with van der Waals surface area (Å²) >= 11 is 5.63. The van der Waals surface area contributed by atoms with E-state index in [1.807, 2.05) is 6.07 Å². The second-order valence-electron chi connectivity index (χ2n) is 4.00. The van der Waals surface area contributed by atoms with Gasteiger partial charge in [0.25, 0.3) is 0 Å². The first-order valence-corrected chi connectivity index (χ1v) is 6.02.